The number of rotatable bonds is 6. The minimum atomic E-state index is -0.128. The summed E-state index contributed by atoms with van der Waals surface area (Å²) in [5, 5.41) is 0. The van der Waals surface area contributed by atoms with E-state index >= 15 is 0 Å². The SMILES string of the molecule is CCCOc1ccc(C(N)CN2CCCCC2=O)cc1. The largest absolute Gasteiger partial charge is 0.494 e. The molecule has 0 saturated carbocycles. The lowest BCUT2D eigenvalue weighted by atomic mass is 10.0. The topological polar surface area (TPSA) is 55.6 Å². The first-order valence-electron chi connectivity index (χ1n) is 7.47. The van der Waals surface area contributed by atoms with Crippen molar-refractivity contribution >= 4 is 5.91 Å². The second kappa shape index (κ2) is 7.29. The Labute approximate surface area is 120 Å². The van der Waals surface area contributed by atoms with Crippen LogP contribution in [-0.2, 0) is 4.79 Å². The first kappa shape index (κ1) is 14.9. The van der Waals surface area contributed by atoms with Crippen molar-refractivity contribution in [3.63, 3.8) is 0 Å². The summed E-state index contributed by atoms with van der Waals surface area (Å²) in [4.78, 5) is 13.7. The maximum absolute atomic E-state index is 11.8. The van der Waals surface area contributed by atoms with Gasteiger partial charge in [-0.15, -0.1) is 0 Å². The van der Waals surface area contributed by atoms with Gasteiger partial charge >= 0.3 is 0 Å². The van der Waals surface area contributed by atoms with Gasteiger partial charge in [-0.1, -0.05) is 19.1 Å². The second-order valence-corrected chi connectivity index (χ2v) is 5.32. The lowest BCUT2D eigenvalue weighted by molar-refractivity contribution is -0.133. The number of hydrogen-bond acceptors (Lipinski definition) is 3. The van der Waals surface area contributed by atoms with Gasteiger partial charge in [0, 0.05) is 25.6 Å². The molecule has 1 aromatic rings. The molecule has 4 heteroatoms. The van der Waals surface area contributed by atoms with Crippen LogP contribution >= 0.6 is 0 Å². The summed E-state index contributed by atoms with van der Waals surface area (Å²) in [6.45, 7) is 4.26. The van der Waals surface area contributed by atoms with Crippen molar-refractivity contribution in [1.29, 1.82) is 0 Å². The summed E-state index contributed by atoms with van der Waals surface area (Å²) in [6.07, 6.45) is 3.76. The van der Waals surface area contributed by atoms with E-state index in [-0.39, 0.29) is 11.9 Å². The quantitative estimate of drug-likeness (QED) is 0.868. The number of likely N-dealkylation sites (tertiary alicyclic amines) is 1. The molecule has 1 heterocycles. The van der Waals surface area contributed by atoms with Gasteiger partial charge in [0.25, 0.3) is 0 Å². The molecule has 1 saturated heterocycles. The van der Waals surface area contributed by atoms with E-state index < -0.39 is 0 Å². The smallest absolute Gasteiger partial charge is 0.222 e. The van der Waals surface area contributed by atoms with Crippen LogP contribution in [0.1, 0.15) is 44.2 Å². The van der Waals surface area contributed by atoms with E-state index in [0.717, 1.165) is 43.7 Å². The Bertz CT molecular complexity index is 431. The minimum Gasteiger partial charge on any atom is -0.494 e. The average molecular weight is 276 g/mol. The predicted octanol–water partition coefficient (Wildman–Crippen LogP) is 2.49. The molecule has 0 aromatic heterocycles. The van der Waals surface area contributed by atoms with Crippen LogP contribution in [0.5, 0.6) is 5.75 Å². The molecule has 2 N–H and O–H groups in total. The van der Waals surface area contributed by atoms with E-state index in [1.807, 2.05) is 29.2 Å². The fourth-order valence-electron chi connectivity index (χ4n) is 2.43. The molecule has 0 aliphatic carbocycles. The maximum Gasteiger partial charge on any atom is 0.222 e. The van der Waals surface area contributed by atoms with E-state index in [9.17, 15) is 4.79 Å². The summed E-state index contributed by atoms with van der Waals surface area (Å²) in [6, 6.07) is 7.75. The van der Waals surface area contributed by atoms with Crippen LogP contribution in [0.3, 0.4) is 0 Å². The maximum atomic E-state index is 11.8. The Hall–Kier alpha value is -1.55. The first-order valence-corrected chi connectivity index (χ1v) is 7.47. The van der Waals surface area contributed by atoms with Gasteiger partial charge in [-0.25, -0.2) is 0 Å². The number of ether oxygens (including phenoxy) is 1. The van der Waals surface area contributed by atoms with Crippen molar-refractivity contribution in [2.24, 2.45) is 5.73 Å². The Morgan fingerprint density at radius 3 is 2.70 bits per heavy atom. The predicted molar refractivity (Wildman–Crippen MR) is 79.6 cm³/mol. The van der Waals surface area contributed by atoms with E-state index in [0.29, 0.717) is 13.0 Å². The first-order chi connectivity index (χ1) is 9.70. The fraction of sp³-hybridized carbons (Fsp3) is 0.562. The Kier molecular flexibility index (Phi) is 5.41. The number of hydrogen-bond donors (Lipinski definition) is 1. The number of amides is 1. The highest BCUT2D eigenvalue weighted by molar-refractivity contribution is 5.76. The van der Waals surface area contributed by atoms with Crippen molar-refractivity contribution < 1.29 is 9.53 Å². The lowest BCUT2D eigenvalue weighted by Crippen LogP contribution is -2.40. The summed E-state index contributed by atoms with van der Waals surface area (Å²) < 4.78 is 5.55. The fourth-order valence-corrected chi connectivity index (χ4v) is 2.43. The van der Waals surface area contributed by atoms with Gasteiger partial charge < -0.3 is 15.4 Å². The molecule has 1 unspecified atom stereocenters. The highest BCUT2D eigenvalue weighted by Gasteiger charge is 2.20. The summed E-state index contributed by atoms with van der Waals surface area (Å²) in [5.74, 6) is 1.10. The third-order valence-corrected chi connectivity index (χ3v) is 3.62. The monoisotopic (exact) mass is 276 g/mol. The van der Waals surface area contributed by atoms with E-state index in [1.165, 1.54) is 0 Å². The third kappa shape index (κ3) is 3.97. The molecule has 1 fully saturated rings. The Morgan fingerprint density at radius 1 is 1.30 bits per heavy atom. The molecule has 110 valence electrons. The molecule has 1 aliphatic rings. The molecule has 0 radical (unpaired) electrons. The van der Waals surface area contributed by atoms with E-state index in [2.05, 4.69) is 6.92 Å². The van der Waals surface area contributed by atoms with Crippen LogP contribution in [0.2, 0.25) is 0 Å². The van der Waals surface area contributed by atoms with Crippen LogP contribution in [0.15, 0.2) is 24.3 Å². The molecule has 4 nitrogen and oxygen atoms in total. The normalized spacial score (nSPS) is 17.1. The van der Waals surface area contributed by atoms with Crippen LogP contribution in [0, 0.1) is 0 Å². The van der Waals surface area contributed by atoms with Gasteiger partial charge in [0.15, 0.2) is 0 Å². The van der Waals surface area contributed by atoms with E-state index in [1.54, 1.807) is 0 Å². The number of carbonyl (C=O) groups is 1. The molecule has 1 amide bonds. The molecule has 1 atom stereocenters. The molecule has 1 aromatic carbocycles. The number of piperidine rings is 1. The van der Waals surface area contributed by atoms with Crippen molar-refractivity contribution in [3.8, 4) is 5.75 Å². The van der Waals surface area contributed by atoms with Crippen LogP contribution in [0.4, 0.5) is 0 Å². The lowest BCUT2D eigenvalue weighted by Gasteiger charge is -2.29. The second-order valence-electron chi connectivity index (χ2n) is 5.32. The highest BCUT2D eigenvalue weighted by atomic mass is 16.5. The zero-order chi connectivity index (χ0) is 14.4. The van der Waals surface area contributed by atoms with Gasteiger partial charge in [-0.3, -0.25) is 4.79 Å². The van der Waals surface area contributed by atoms with Gasteiger partial charge in [0.1, 0.15) is 5.75 Å². The van der Waals surface area contributed by atoms with Gasteiger partial charge in [-0.2, -0.15) is 0 Å². The third-order valence-electron chi connectivity index (χ3n) is 3.62. The Morgan fingerprint density at radius 2 is 2.05 bits per heavy atom. The zero-order valence-electron chi connectivity index (χ0n) is 12.2. The number of nitrogens with zero attached hydrogens (tertiary/aromatic N) is 1. The number of carbonyl (C=O) groups excluding carboxylic acids is 1. The van der Waals surface area contributed by atoms with Crippen molar-refractivity contribution in [3.05, 3.63) is 29.8 Å². The standard InChI is InChI=1S/C16H24N2O2/c1-2-11-20-14-8-6-13(7-9-14)15(17)12-18-10-4-3-5-16(18)19/h6-9,15H,2-5,10-12,17H2,1H3. The van der Waals surface area contributed by atoms with Gasteiger partial charge in [0.2, 0.25) is 5.91 Å². The molecular formula is C16H24N2O2. The van der Waals surface area contributed by atoms with Crippen molar-refractivity contribution in [2.45, 2.75) is 38.6 Å². The van der Waals surface area contributed by atoms with Crippen LogP contribution in [0.25, 0.3) is 0 Å². The highest BCUT2D eigenvalue weighted by Crippen LogP contribution is 2.19. The molecular weight excluding hydrogens is 252 g/mol. The summed E-state index contributed by atoms with van der Waals surface area (Å²) >= 11 is 0. The molecule has 2 rings (SSSR count). The zero-order valence-corrected chi connectivity index (χ0v) is 12.2. The van der Waals surface area contributed by atoms with Crippen LogP contribution < -0.4 is 10.5 Å². The average Bonchev–Trinajstić information content (AvgIpc) is 2.48. The number of nitrogens with two attached hydrogens (primary N) is 1. The van der Waals surface area contributed by atoms with Crippen LogP contribution in [-0.4, -0.2) is 30.5 Å². The van der Waals surface area contributed by atoms with Gasteiger partial charge in [0.05, 0.1) is 6.61 Å². The van der Waals surface area contributed by atoms with E-state index in [4.69, 9.17) is 10.5 Å². The number of benzene rings is 1. The molecule has 1 aliphatic heterocycles. The van der Waals surface area contributed by atoms with Gasteiger partial charge in [-0.05, 0) is 37.0 Å². The van der Waals surface area contributed by atoms with Crippen molar-refractivity contribution in [1.82, 2.24) is 4.90 Å². The molecule has 0 bridgehead atoms. The Balaban J connectivity index is 1.91. The summed E-state index contributed by atoms with van der Waals surface area (Å²) in [7, 11) is 0. The van der Waals surface area contributed by atoms with Crippen molar-refractivity contribution in [2.75, 3.05) is 19.7 Å². The molecule has 20 heavy (non-hydrogen) atoms. The minimum absolute atomic E-state index is 0.128. The summed E-state index contributed by atoms with van der Waals surface area (Å²) in [5.41, 5.74) is 7.25. The molecule has 0 spiro atoms.